The highest BCUT2D eigenvalue weighted by Gasteiger charge is 2.15. The number of ether oxygens (including phenoxy) is 2. The number of rotatable bonds is 8. The maximum atomic E-state index is 12.7. The Morgan fingerprint density at radius 1 is 1.14 bits per heavy atom. The van der Waals surface area contributed by atoms with Gasteiger partial charge < -0.3 is 14.8 Å². The topological polar surface area (TPSA) is 65.4 Å². The molecule has 1 aromatic heterocycles. The molecule has 0 spiro atoms. The molecule has 29 heavy (non-hydrogen) atoms. The molecule has 0 radical (unpaired) electrons. The van der Waals surface area contributed by atoms with Crippen LogP contribution in [0.4, 0.5) is 0 Å². The highest BCUT2D eigenvalue weighted by molar-refractivity contribution is 5.94. The summed E-state index contributed by atoms with van der Waals surface area (Å²) in [6, 6.07) is 14.9. The van der Waals surface area contributed by atoms with Crippen molar-refractivity contribution < 1.29 is 14.3 Å². The monoisotopic (exact) mass is 393 g/mol. The molecule has 3 aromatic rings. The summed E-state index contributed by atoms with van der Waals surface area (Å²) >= 11 is 0. The molecule has 152 valence electrons. The second-order valence-electron chi connectivity index (χ2n) is 6.93. The van der Waals surface area contributed by atoms with Crippen molar-refractivity contribution in [2.24, 2.45) is 7.05 Å². The molecule has 1 amide bonds. The van der Waals surface area contributed by atoms with Gasteiger partial charge in [-0.2, -0.15) is 5.10 Å². The molecule has 0 aliphatic carbocycles. The normalized spacial score (nSPS) is 11.7. The van der Waals surface area contributed by atoms with E-state index in [4.69, 9.17) is 9.47 Å². The molecular formula is C23H27N3O3. The summed E-state index contributed by atoms with van der Waals surface area (Å²) in [6.07, 6.45) is 1.93. The first-order valence-corrected chi connectivity index (χ1v) is 9.72. The molecule has 6 heteroatoms. The van der Waals surface area contributed by atoms with Gasteiger partial charge in [0.05, 0.1) is 18.3 Å². The number of amides is 1. The number of aromatic nitrogens is 2. The third-order valence-corrected chi connectivity index (χ3v) is 4.59. The second kappa shape index (κ2) is 9.28. The van der Waals surface area contributed by atoms with Crippen LogP contribution in [-0.2, 0) is 13.7 Å². The fraction of sp³-hybridized carbons (Fsp3) is 0.304. The lowest BCUT2D eigenvalue weighted by Crippen LogP contribution is -2.27. The van der Waals surface area contributed by atoms with Crippen molar-refractivity contribution in [3.8, 4) is 11.5 Å². The summed E-state index contributed by atoms with van der Waals surface area (Å²) in [4.78, 5) is 12.7. The molecule has 1 heterocycles. The largest absolute Gasteiger partial charge is 0.494 e. The molecule has 0 bridgehead atoms. The van der Waals surface area contributed by atoms with E-state index in [9.17, 15) is 4.79 Å². The Bertz CT molecular complexity index is 964. The minimum atomic E-state index is -0.125. The van der Waals surface area contributed by atoms with Gasteiger partial charge in [-0.1, -0.05) is 12.1 Å². The molecule has 0 saturated carbocycles. The molecule has 0 aliphatic rings. The molecule has 1 unspecified atom stereocenters. The van der Waals surface area contributed by atoms with Crippen molar-refractivity contribution >= 4 is 5.91 Å². The third kappa shape index (κ3) is 5.38. The zero-order valence-corrected chi connectivity index (χ0v) is 17.3. The van der Waals surface area contributed by atoms with Gasteiger partial charge >= 0.3 is 0 Å². The van der Waals surface area contributed by atoms with Crippen molar-refractivity contribution in [3.05, 3.63) is 77.1 Å². The summed E-state index contributed by atoms with van der Waals surface area (Å²) < 4.78 is 13.0. The molecular weight excluding hydrogens is 366 g/mol. The fourth-order valence-electron chi connectivity index (χ4n) is 3.17. The van der Waals surface area contributed by atoms with E-state index in [-0.39, 0.29) is 11.9 Å². The number of hydrogen-bond donors (Lipinski definition) is 1. The number of carbonyl (C=O) groups excluding carboxylic acids is 1. The predicted molar refractivity (Wildman–Crippen MR) is 112 cm³/mol. The van der Waals surface area contributed by atoms with Crippen LogP contribution in [0.25, 0.3) is 0 Å². The summed E-state index contributed by atoms with van der Waals surface area (Å²) in [5, 5.41) is 7.37. The van der Waals surface area contributed by atoms with Gasteiger partial charge in [0.25, 0.3) is 5.91 Å². The van der Waals surface area contributed by atoms with Gasteiger partial charge in [-0.15, -0.1) is 0 Å². The van der Waals surface area contributed by atoms with E-state index in [0.29, 0.717) is 18.8 Å². The van der Waals surface area contributed by atoms with Gasteiger partial charge in [0.2, 0.25) is 0 Å². The Balaban J connectivity index is 1.61. The number of carbonyl (C=O) groups is 1. The van der Waals surface area contributed by atoms with Crippen molar-refractivity contribution in [2.75, 3.05) is 6.61 Å². The van der Waals surface area contributed by atoms with Gasteiger partial charge in [-0.25, -0.2) is 0 Å². The molecule has 1 atom stereocenters. The van der Waals surface area contributed by atoms with E-state index in [1.165, 1.54) is 0 Å². The minimum absolute atomic E-state index is 0.122. The van der Waals surface area contributed by atoms with Crippen molar-refractivity contribution in [1.29, 1.82) is 0 Å². The molecule has 3 rings (SSSR count). The first-order chi connectivity index (χ1) is 14.0. The zero-order chi connectivity index (χ0) is 20.8. The van der Waals surface area contributed by atoms with Crippen LogP contribution in [0, 0.1) is 6.92 Å². The Hall–Kier alpha value is -3.28. The van der Waals surface area contributed by atoms with Gasteiger partial charge in [-0.05, 0) is 62.7 Å². The quantitative estimate of drug-likeness (QED) is 0.623. The third-order valence-electron chi connectivity index (χ3n) is 4.59. The number of nitrogens with zero attached hydrogens (tertiary/aromatic N) is 2. The highest BCUT2D eigenvalue weighted by Crippen LogP contribution is 2.20. The summed E-state index contributed by atoms with van der Waals surface area (Å²) in [6.45, 7) is 6.87. The van der Waals surface area contributed by atoms with Gasteiger partial charge in [0.15, 0.2) is 0 Å². The van der Waals surface area contributed by atoms with Gasteiger partial charge in [-0.3, -0.25) is 9.48 Å². The summed E-state index contributed by atoms with van der Waals surface area (Å²) in [5.41, 5.74) is 3.46. The van der Waals surface area contributed by atoms with Crippen molar-refractivity contribution in [2.45, 2.75) is 33.4 Å². The van der Waals surface area contributed by atoms with Crippen LogP contribution in [0.2, 0.25) is 0 Å². The van der Waals surface area contributed by atoms with Crippen LogP contribution in [0.15, 0.2) is 54.7 Å². The van der Waals surface area contributed by atoms with Crippen LogP contribution < -0.4 is 14.8 Å². The lowest BCUT2D eigenvalue weighted by molar-refractivity contribution is 0.0939. The molecule has 0 saturated heterocycles. The first kappa shape index (κ1) is 20.5. The van der Waals surface area contributed by atoms with Crippen molar-refractivity contribution in [3.63, 3.8) is 0 Å². The molecule has 2 aromatic carbocycles. The van der Waals surface area contributed by atoms with E-state index in [1.54, 1.807) is 10.7 Å². The number of nitrogens with one attached hydrogen (secondary N) is 1. The van der Waals surface area contributed by atoms with Crippen molar-refractivity contribution in [1.82, 2.24) is 15.1 Å². The summed E-state index contributed by atoms with van der Waals surface area (Å²) in [5.74, 6) is 1.45. The number of aryl methyl sites for hydroxylation is 2. The second-order valence-corrected chi connectivity index (χ2v) is 6.93. The highest BCUT2D eigenvalue weighted by atomic mass is 16.5. The van der Waals surface area contributed by atoms with E-state index in [2.05, 4.69) is 10.4 Å². The first-order valence-electron chi connectivity index (χ1n) is 9.72. The van der Waals surface area contributed by atoms with Crippen LogP contribution >= 0.6 is 0 Å². The minimum Gasteiger partial charge on any atom is -0.494 e. The Morgan fingerprint density at radius 2 is 1.83 bits per heavy atom. The van der Waals surface area contributed by atoms with Gasteiger partial charge in [0, 0.05) is 24.4 Å². The van der Waals surface area contributed by atoms with Gasteiger partial charge in [0.1, 0.15) is 18.1 Å². The molecule has 1 N–H and O–H groups in total. The maximum Gasteiger partial charge on any atom is 0.251 e. The lowest BCUT2D eigenvalue weighted by atomic mass is 10.1. The van der Waals surface area contributed by atoms with E-state index in [0.717, 1.165) is 28.3 Å². The Morgan fingerprint density at radius 3 is 2.45 bits per heavy atom. The van der Waals surface area contributed by atoms with Crippen LogP contribution in [0.1, 0.15) is 47.1 Å². The standard InChI is InChI=1S/C23H27N3O3/c1-5-28-20-9-11-21(12-10-20)29-15-18-7-6-8-19(13-18)23(27)24-16(2)22-14-26(4)25-17(22)3/h6-14,16H,5,15H2,1-4H3,(H,24,27). The van der Waals surface area contributed by atoms with Crippen LogP contribution in [-0.4, -0.2) is 22.3 Å². The Kier molecular flexibility index (Phi) is 6.54. The zero-order valence-electron chi connectivity index (χ0n) is 17.3. The average Bonchev–Trinajstić information content (AvgIpc) is 3.06. The predicted octanol–water partition coefficient (Wildman–Crippen LogP) is 4.20. The number of hydrogen-bond acceptors (Lipinski definition) is 4. The smallest absolute Gasteiger partial charge is 0.251 e. The average molecular weight is 393 g/mol. The van der Waals surface area contributed by atoms with E-state index in [1.807, 2.05) is 76.5 Å². The fourth-order valence-corrected chi connectivity index (χ4v) is 3.17. The SMILES string of the molecule is CCOc1ccc(OCc2cccc(C(=O)NC(C)c3cn(C)nc3C)c2)cc1. The Labute approximate surface area is 171 Å². The molecule has 0 aliphatic heterocycles. The van der Waals surface area contributed by atoms with E-state index < -0.39 is 0 Å². The van der Waals surface area contributed by atoms with E-state index >= 15 is 0 Å². The number of benzene rings is 2. The maximum absolute atomic E-state index is 12.7. The molecule has 6 nitrogen and oxygen atoms in total. The molecule has 0 fully saturated rings. The lowest BCUT2D eigenvalue weighted by Gasteiger charge is -2.14. The van der Waals surface area contributed by atoms with Crippen LogP contribution in [0.3, 0.4) is 0 Å². The summed E-state index contributed by atoms with van der Waals surface area (Å²) in [7, 11) is 1.87. The van der Waals surface area contributed by atoms with Crippen LogP contribution in [0.5, 0.6) is 11.5 Å².